The summed E-state index contributed by atoms with van der Waals surface area (Å²) in [5.41, 5.74) is 6.43. The quantitative estimate of drug-likeness (QED) is 0.868. The van der Waals surface area contributed by atoms with Crippen molar-refractivity contribution in [2.75, 3.05) is 31.3 Å². The van der Waals surface area contributed by atoms with Crippen LogP contribution in [0.4, 0.5) is 5.69 Å². The van der Waals surface area contributed by atoms with Crippen LogP contribution >= 0.6 is 35.0 Å². The molecule has 0 spiro atoms. The van der Waals surface area contributed by atoms with Crippen molar-refractivity contribution in [2.24, 2.45) is 0 Å². The Balaban J connectivity index is 2.96. The summed E-state index contributed by atoms with van der Waals surface area (Å²) >= 11 is 13.6. The Labute approximate surface area is 115 Å². The van der Waals surface area contributed by atoms with Gasteiger partial charge in [0.2, 0.25) is 0 Å². The fourth-order valence-corrected chi connectivity index (χ4v) is 2.18. The second kappa shape index (κ2) is 6.38. The van der Waals surface area contributed by atoms with Crippen LogP contribution in [0.15, 0.2) is 12.1 Å². The number of thioether (sulfide) groups is 1. The van der Waals surface area contributed by atoms with Crippen LogP contribution in [-0.4, -0.2) is 36.4 Å². The van der Waals surface area contributed by atoms with Gasteiger partial charge in [-0.25, -0.2) is 0 Å². The highest BCUT2D eigenvalue weighted by Gasteiger charge is 2.17. The zero-order chi connectivity index (χ0) is 13.0. The van der Waals surface area contributed by atoms with Crippen molar-refractivity contribution < 1.29 is 4.79 Å². The maximum absolute atomic E-state index is 12.1. The minimum absolute atomic E-state index is 0.168. The molecule has 0 saturated heterocycles. The van der Waals surface area contributed by atoms with E-state index >= 15 is 0 Å². The molecule has 1 amide bonds. The van der Waals surface area contributed by atoms with E-state index in [9.17, 15) is 4.79 Å². The molecule has 0 fully saturated rings. The van der Waals surface area contributed by atoms with Crippen LogP contribution in [0.3, 0.4) is 0 Å². The Hall–Kier alpha value is -0.580. The Kier molecular flexibility index (Phi) is 5.43. The summed E-state index contributed by atoms with van der Waals surface area (Å²) in [7, 11) is 1.73. The molecule has 0 heterocycles. The molecule has 3 nitrogen and oxygen atoms in total. The second-order valence-electron chi connectivity index (χ2n) is 3.58. The highest BCUT2D eigenvalue weighted by Crippen LogP contribution is 2.29. The number of carbonyl (C=O) groups is 1. The van der Waals surface area contributed by atoms with Crippen molar-refractivity contribution in [3.05, 3.63) is 27.7 Å². The Morgan fingerprint density at radius 1 is 1.47 bits per heavy atom. The smallest absolute Gasteiger partial charge is 0.255 e. The van der Waals surface area contributed by atoms with E-state index in [-0.39, 0.29) is 10.9 Å². The average molecular weight is 293 g/mol. The summed E-state index contributed by atoms with van der Waals surface area (Å²) < 4.78 is 0. The number of carbonyl (C=O) groups excluding carboxylic acids is 1. The Bertz CT molecular complexity index is 426. The molecule has 1 rings (SSSR count). The first-order valence-corrected chi connectivity index (χ1v) is 7.11. The summed E-state index contributed by atoms with van der Waals surface area (Å²) in [6, 6.07) is 3.08. The normalized spacial score (nSPS) is 10.4. The third kappa shape index (κ3) is 3.69. The molecular formula is C11H14Cl2N2OS. The van der Waals surface area contributed by atoms with Crippen molar-refractivity contribution in [3.8, 4) is 0 Å². The van der Waals surface area contributed by atoms with Crippen molar-refractivity contribution in [2.45, 2.75) is 0 Å². The van der Waals surface area contributed by atoms with Gasteiger partial charge in [-0.1, -0.05) is 23.2 Å². The van der Waals surface area contributed by atoms with E-state index in [2.05, 4.69) is 0 Å². The van der Waals surface area contributed by atoms with E-state index in [0.717, 1.165) is 5.75 Å². The number of nitrogens with two attached hydrogens (primary N) is 1. The van der Waals surface area contributed by atoms with E-state index < -0.39 is 0 Å². The fraction of sp³-hybridized carbons (Fsp3) is 0.364. The van der Waals surface area contributed by atoms with E-state index in [1.165, 1.54) is 6.07 Å². The number of anilines is 1. The van der Waals surface area contributed by atoms with Gasteiger partial charge in [0, 0.05) is 25.0 Å². The van der Waals surface area contributed by atoms with Crippen LogP contribution in [0.5, 0.6) is 0 Å². The van der Waals surface area contributed by atoms with Gasteiger partial charge in [0.15, 0.2) is 0 Å². The molecule has 1 aromatic rings. The molecule has 0 atom stereocenters. The molecule has 1 aromatic carbocycles. The van der Waals surface area contributed by atoms with E-state index in [1.54, 1.807) is 29.8 Å². The molecule has 94 valence electrons. The molecule has 0 aliphatic heterocycles. The van der Waals surface area contributed by atoms with Gasteiger partial charge in [-0.15, -0.1) is 0 Å². The lowest BCUT2D eigenvalue weighted by Gasteiger charge is -2.18. The predicted octanol–water partition coefficient (Wildman–Crippen LogP) is 3.01. The molecule has 6 heteroatoms. The fourth-order valence-electron chi connectivity index (χ4n) is 1.30. The molecule has 0 aliphatic carbocycles. The number of benzene rings is 1. The van der Waals surface area contributed by atoms with Gasteiger partial charge in [-0.05, 0) is 18.4 Å². The minimum atomic E-state index is -0.168. The first-order valence-electron chi connectivity index (χ1n) is 4.96. The molecule has 17 heavy (non-hydrogen) atoms. The summed E-state index contributed by atoms with van der Waals surface area (Å²) in [4.78, 5) is 13.7. The van der Waals surface area contributed by atoms with Gasteiger partial charge in [0.05, 0.1) is 15.6 Å². The minimum Gasteiger partial charge on any atom is -0.399 e. The van der Waals surface area contributed by atoms with Crippen molar-refractivity contribution in [3.63, 3.8) is 0 Å². The lowest BCUT2D eigenvalue weighted by Crippen LogP contribution is -2.29. The average Bonchev–Trinajstić information content (AvgIpc) is 2.29. The number of rotatable bonds is 4. The first kappa shape index (κ1) is 14.5. The SMILES string of the molecule is CSCCN(C)C(=O)c1cc(N)cc(Cl)c1Cl. The van der Waals surface area contributed by atoms with Crippen LogP contribution in [0.25, 0.3) is 0 Å². The number of halogens is 2. The van der Waals surface area contributed by atoms with E-state index in [0.29, 0.717) is 22.8 Å². The van der Waals surface area contributed by atoms with Gasteiger partial charge in [-0.2, -0.15) is 11.8 Å². The molecular weight excluding hydrogens is 279 g/mol. The second-order valence-corrected chi connectivity index (χ2v) is 5.35. The van der Waals surface area contributed by atoms with E-state index in [1.807, 2.05) is 6.26 Å². The number of nitrogen functional groups attached to an aromatic ring is 1. The van der Waals surface area contributed by atoms with Gasteiger partial charge in [-0.3, -0.25) is 4.79 Å². The van der Waals surface area contributed by atoms with Crippen molar-refractivity contribution in [1.29, 1.82) is 0 Å². The zero-order valence-corrected chi connectivity index (χ0v) is 12.0. The lowest BCUT2D eigenvalue weighted by molar-refractivity contribution is 0.0804. The zero-order valence-electron chi connectivity index (χ0n) is 9.67. The highest BCUT2D eigenvalue weighted by molar-refractivity contribution is 7.98. The molecule has 0 aromatic heterocycles. The van der Waals surface area contributed by atoms with Gasteiger partial charge < -0.3 is 10.6 Å². The summed E-state index contributed by atoms with van der Waals surface area (Å²) in [5, 5.41) is 0.551. The van der Waals surface area contributed by atoms with Crippen LogP contribution in [0.1, 0.15) is 10.4 Å². The van der Waals surface area contributed by atoms with E-state index in [4.69, 9.17) is 28.9 Å². The van der Waals surface area contributed by atoms with Crippen LogP contribution in [-0.2, 0) is 0 Å². The topological polar surface area (TPSA) is 46.3 Å². The summed E-state index contributed by atoms with van der Waals surface area (Å²) in [6.07, 6.45) is 1.99. The molecule has 2 N–H and O–H groups in total. The number of hydrogen-bond acceptors (Lipinski definition) is 3. The molecule has 0 saturated carbocycles. The third-order valence-electron chi connectivity index (χ3n) is 2.26. The number of nitrogens with zero attached hydrogens (tertiary/aromatic N) is 1. The monoisotopic (exact) mass is 292 g/mol. The van der Waals surface area contributed by atoms with Gasteiger partial charge >= 0.3 is 0 Å². The lowest BCUT2D eigenvalue weighted by atomic mass is 10.1. The molecule has 0 unspecified atom stereocenters. The molecule has 0 bridgehead atoms. The maximum Gasteiger partial charge on any atom is 0.255 e. The van der Waals surface area contributed by atoms with Crippen LogP contribution in [0.2, 0.25) is 10.0 Å². The molecule has 0 radical (unpaired) electrons. The Morgan fingerprint density at radius 3 is 2.71 bits per heavy atom. The number of amides is 1. The Morgan fingerprint density at radius 2 is 2.12 bits per heavy atom. The highest BCUT2D eigenvalue weighted by atomic mass is 35.5. The number of hydrogen-bond donors (Lipinski definition) is 1. The van der Waals surface area contributed by atoms with Crippen molar-refractivity contribution >= 4 is 46.6 Å². The van der Waals surface area contributed by atoms with Gasteiger partial charge in [0.25, 0.3) is 5.91 Å². The largest absolute Gasteiger partial charge is 0.399 e. The first-order chi connectivity index (χ1) is 7.97. The van der Waals surface area contributed by atoms with Crippen LogP contribution in [0, 0.1) is 0 Å². The summed E-state index contributed by atoms with van der Waals surface area (Å²) in [5.74, 6) is 0.703. The predicted molar refractivity (Wildman–Crippen MR) is 76.2 cm³/mol. The third-order valence-corrected chi connectivity index (χ3v) is 3.65. The van der Waals surface area contributed by atoms with Crippen molar-refractivity contribution in [1.82, 2.24) is 4.90 Å². The van der Waals surface area contributed by atoms with Gasteiger partial charge in [0.1, 0.15) is 0 Å². The molecule has 0 aliphatic rings. The maximum atomic E-state index is 12.1. The standard InChI is InChI=1S/C11H14Cl2N2OS/c1-15(3-4-17-2)11(16)8-5-7(14)6-9(12)10(8)13/h5-6H,3-4,14H2,1-2H3. The van der Waals surface area contributed by atoms with Crippen LogP contribution < -0.4 is 5.73 Å². The summed E-state index contributed by atoms with van der Waals surface area (Å²) in [6.45, 7) is 0.656.